The summed E-state index contributed by atoms with van der Waals surface area (Å²) in [6.07, 6.45) is -0.369. The van der Waals surface area contributed by atoms with Crippen LogP contribution in [0, 0.1) is 0 Å². The van der Waals surface area contributed by atoms with Crippen molar-refractivity contribution in [3.8, 4) is 5.75 Å². The molecule has 3 N–H and O–H groups in total. The third kappa shape index (κ3) is 3.46. The molecule has 1 atom stereocenters. The summed E-state index contributed by atoms with van der Waals surface area (Å²) in [5, 5.41) is 11.0. The predicted octanol–water partition coefficient (Wildman–Crippen LogP) is 0.650. The van der Waals surface area contributed by atoms with Gasteiger partial charge in [0.15, 0.2) is 11.4 Å². The largest absolute Gasteiger partial charge is 0.482 e. The number of rotatable bonds is 5. The molecule has 26 heavy (non-hydrogen) atoms. The average Bonchev–Trinajstić information content (AvgIpc) is 2.63. The fourth-order valence-corrected chi connectivity index (χ4v) is 2.62. The van der Waals surface area contributed by atoms with E-state index in [0.29, 0.717) is 0 Å². The summed E-state index contributed by atoms with van der Waals surface area (Å²) in [5.74, 6) is -0.493. The van der Waals surface area contributed by atoms with Crippen molar-refractivity contribution in [1.82, 2.24) is 14.9 Å². The molecule has 1 aromatic carbocycles. The minimum atomic E-state index is -1.19. The molecule has 3 rings (SSSR count). The number of hydrogen-bond acceptors (Lipinski definition) is 5. The van der Waals surface area contributed by atoms with E-state index in [1.807, 2.05) is 30.3 Å². The van der Waals surface area contributed by atoms with E-state index in [1.165, 1.54) is 28.9 Å². The molecular weight excluding hydrogens is 340 g/mol. The number of carbonyl (C=O) groups excluding carboxylic acids is 1. The molecule has 2 amide bonds. The molecule has 0 bridgehead atoms. The Morgan fingerprint density at radius 2 is 2.00 bits per heavy atom. The number of benzene rings is 1. The first-order valence-electron chi connectivity index (χ1n) is 7.90. The van der Waals surface area contributed by atoms with Gasteiger partial charge in [-0.1, -0.05) is 30.3 Å². The number of carboxylic acid groups (broad SMARTS) is 1. The molecule has 1 aromatic heterocycles. The van der Waals surface area contributed by atoms with Gasteiger partial charge in [-0.2, -0.15) is 0 Å². The van der Waals surface area contributed by atoms with E-state index >= 15 is 0 Å². The summed E-state index contributed by atoms with van der Waals surface area (Å²) in [6, 6.07) is 10.6. The molecule has 2 aromatic rings. The van der Waals surface area contributed by atoms with Crippen LogP contribution in [-0.2, 0) is 6.61 Å². The maximum atomic E-state index is 12.7. The molecule has 0 saturated carbocycles. The number of ether oxygens (including phenoxy) is 1. The molecule has 1 aliphatic rings. The minimum Gasteiger partial charge on any atom is -0.482 e. The van der Waals surface area contributed by atoms with Gasteiger partial charge in [-0.25, -0.2) is 4.79 Å². The molecule has 0 spiro atoms. The van der Waals surface area contributed by atoms with Crippen molar-refractivity contribution in [2.45, 2.75) is 12.8 Å². The van der Waals surface area contributed by atoms with Crippen LogP contribution < -0.4 is 20.9 Å². The van der Waals surface area contributed by atoms with Crippen LogP contribution in [-0.4, -0.2) is 46.4 Å². The zero-order valence-electron chi connectivity index (χ0n) is 14.0. The van der Waals surface area contributed by atoms with Crippen LogP contribution in [0.2, 0.25) is 0 Å². The maximum Gasteiger partial charge on any atom is 0.404 e. The molecule has 1 unspecified atom stereocenters. The van der Waals surface area contributed by atoms with Gasteiger partial charge in [-0.3, -0.25) is 14.3 Å². The van der Waals surface area contributed by atoms with Gasteiger partial charge in [0.05, 0.1) is 6.54 Å². The zero-order chi connectivity index (χ0) is 18.7. The Balaban J connectivity index is 1.87. The maximum absolute atomic E-state index is 12.7. The Morgan fingerprint density at radius 3 is 2.69 bits per heavy atom. The van der Waals surface area contributed by atoms with Crippen LogP contribution in [0.3, 0.4) is 0 Å². The number of nitrogens with zero attached hydrogens (tertiary/aromatic N) is 2. The van der Waals surface area contributed by atoms with E-state index < -0.39 is 23.6 Å². The Labute approximate surface area is 148 Å². The van der Waals surface area contributed by atoms with Crippen LogP contribution in [0.25, 0.3) is 0 Å². The Morgan fingerprint density at radius 1 is 1.27 bits per heavy atom. The van der Waals surface area contributed by atoms with E-state index in [9.17, 15) is 14.4 Å². The number of carbonyl (C=O) groups is 2. The second-order valence-electron chi connectivity index (χ2n) is 5.75. The number of hydrogen-bond donors (Lipinski definition) is 3. The summed E-state index contributed by atoms with van der Waals surface area (Å²) in [5.41, 5.74) is 3.51. The molecule has 0 saturated heterocycles. The third-order valence-corrected chi connectivity index (χ3v) is 4.01. The van der Waals surface area contributed by atoms with E-state index in [-0.39, 0.29) is 24.6 Å². The van der Waals surface area contributed by atoms with Crippen LogP contribution in [0.4, 0.5) is 4.79 Å². The fraction of sp³-hybridized carbons (Fsp3) is 0.235. The van der Waals surface area contributed by atoms with Gasteiger partial charge in [0.1, 0.15) is 12.8 Å². The smallest absolute Gasteiger partial charge is 0.404 e. The van der Waals surface area contributed by atoms with Crippen molar-refractivity contribution in [1.29, 1.82) is 0 Å². The fourth-order valence-electron chi connectivity index (χ4n) is 2.62. The number of nitrogens with one attached hydrogen (secondary N) is 2. The van der Waals surface area contributed by atoms with Crippen molar-refractivity contribution >= 4 is 12.0 Å². The van der Waals surface area contributed by atoms with Crippen molar-refractivity contribution in [2.24, 2.45) is 0 Å². The molecule has 0 fully saturated rings. The van der Waals surface area contributed by atoms with Gasteiger partial charge in [-0.15, -0.1) is 0 Å². The monoisotopic (exact) mass is 358 g/mol. The van der Waals surface area contributed by atoms with Crippen molar-refractivity contribution in [3.05, 3.63) is 64.1 Å². The summed E-state index contributed by atoms with van der Waals surface area (Å²) in [4.78, 5) is 37.0. The molecule has 136 valence electrons. The summed E-state index contributed by atoms with van der Waals surface area (Å²) >= 11 is 0. The first-order valence-corrected chi connectivity index (χ1v) is 7.90. The standard InChI is InChI=1S/C17H18N4O5/c1-20-13(9-18-17(24)25)19-21-8-7-12(22)15(14(21)16(20)23)26-10-11-5-3-2-4-6-11/h2-8,13,18-19H,9-10H2,1H3,(H,24,25). The molecule has 9 nitrogen and oxygen atoms in total. The van der Waals surface area contributed by atoms with Gasteiger partial charge in [0.25, 0.3) is 5.91 Å². The highest BCUT2D eigenvalue weighted by molar-refractivity contribution is 5.96. The first kappa shape index (κ1) is 17.3. The van der Waals surface area contributed by atoms with Crippen LogP contribution in [0.1, 0.15) is 16.1 Å². The average molecular weight is 358 g/mol. The topological polar surface area (TPSA) is 113 Å². The van der Waals surface area contributed by atoms with Gasteiger partial charge < -0.3 is 25.5 Å². The second kappa shape index (κ2) is 7.18. The van der Waals surface area contributed by atoms with Crippen LogP contribution >= 0.6 is 0 Å². The lowest BCUT2D eigenvalue weighted by Crippen LogP contribution is -2.56. The Kier molecular flexibility index (Phi) is 4.78. The van der Waals surface area contributed by atoms with Gasteiger partial charge >= 0.3 is 6.09 Å². The third-order valence-electron chi connectivity index (χ3n) is 4.01. The van der Waals surface area contributed by atoms with Crippen molar-refractivity contribution < 1.29 is 19.4 Å². The minimum absolute atomic E-state index is 0.0106. The SMILES string of the molecule is CN1C(=O)c2c(OCc3ccccc3)c(=O)ccn2NC1CNC(=O)O. The lowest BCUT2D eigenvalue weighted by Gasteiger charge is -2.36. The molecule has 2 heterocycles. The zero-order valence-corrected chi connectivity index (χ0v) is 14.0. The number of amides is 2. The lowest BCUT2D eigenvalue weighted by molar-refractivity contribution is 0.0685. The van der Waals surface area contributed by atoms with E-state index in [0.717, 1.165) is 5.56 Å². The van der Waals surface area contributed by atoms with E-state index in [2.05, 4.69) is 10.7 Å². The first-order chi connectivity index (χ1) is 12.5. The van der Waals surface area contributed by atoms with Crippen molar-refractivity contribution in [3.63, 3.8) is 0 Å². The lowest BCUT2D eigenvalue weighted by atomic mass is 10.2. The number of fused-ring (bicyclic) bond motifs is 1. The Bertz CT molecular complexity index is 880. The quantitative estimate of drug-likeness (QED) is 0.723. The summed E-state index contributed by atoms with van der Waals surface area (Å²) in [6.45, 7) is 0.136. The van der Waals surface area contributed by atoms with Crippen molar-refractivity contribution in [2.75, 3.05) is 19.0 Å². The number of pyridine rings is 1. The number of likely N-dealkylation sites (N-methyl/N-ethyl adjacent to an activating group) is 1. The van der Waals surface area contributed by atoms with E-state index in [4.69, 9.17) is 9.84 Å². The second-order valence-corrected chi connectivity index (χ2v) is 5.75. The molecular formula is C17H18N4O5. The molecule has 0 aliphatic carbocycles. The highest BCUT2D eigenvalue weighted by Crippen LogP contribution is 2.20. The Hall–Kier alpha value is -3.49. The normalized spacial score (nSPS) is 15.8. The number of aromatic nitrogens is 1. The molecule has 0 radical (unpaired) electrons. The summed E-state index contributed by atoms with van der Waals surface area (Å²) < 4.78 is 7.03. The van der Waals surface area contributed by atoms with Crippen LogP contribution in [0.15, 0.2) is 47.4 Å². The molecule has 1 aliphatic heterocycles. The predicted molar refractivity (Wildman–Crippen MR) is 92.7 cm³/mol. The highest BCUT2D eigenvalue weighted by atomic mass is 16.5. The highest BCUT2D eigenvalue weighted by Gasteiger charge is 2.33. The molecule has 9 heteroatoms. The van der Waals surface area contributed by atoms with Gasteiger partial charge in [0, 0.05) is 19.3 Å². The van der Waals surface area contributed by atoms with E-state index in [1.54, 1.807) is 0 Å². The van der Waals surface area contributed by atoms with Crippen LogP contribution in [0.5, 0.6) is 5.75 Å². The summed E-state index contributed by atoms with van der Waals surface area (Å²) in [7, 11) is 1.52. The van der Waals surface area contributed by atoms with Gasteiger partial charge in [-0.05, 0) is 5.56 Å². The van der Waals surface area contributed by atoms with Gasteiger partial charge in [0.2, 0.25) is 5.43 Å².